The van der Waals surface area contributed by atoms with Crippen LogP contribution >= 0.6 is 0 Å². The Morgan fingerprint density at radius 2 is 2.05 bits per heavy atom. The van der Waals surface area contributed by atoms with Crippen molar-refractivity contribution < 1.29 is 14.7 Å². The van der Waals surface area contributed by atoms with Crippen molar-refractivity contribution in [3.05, 3.63) is 47.8 Å². The highest BCUT2D eigenvalue weighted by Crippen LogP contribution is 2.23. The minimum absolute atomic E-state index is 0.00799. The molecule has 0 fully saturated rings. The summed E-state index contributed by atoms with van der Waals surface area (Å²) in [4.78, 5) is 25.2. The lowest BCUT2D eigenvalue weighted by Gasteiger charge is -2.34. The fourth-order valence-electron chi connectivity index (χ4n) is 2.55. The maximum absolute atomic E-state index is 12.4. The van der Waals surface area contributed by atoms with Crippen LogP contribution in [0.15, 0.2) is 36.7 Å². The van der Waals surface area contributed by atoms with Crippen molar-refractivity contribution in [3.63, 3.8) is 0 Å². The van der Waals surface area contributed by atoms with E-state index in [2.05, 4.69) is 10.3 Å². The van der Waals surface area contributed by atoms with Crippen LogP contribution in [0.1, 0.15) is 11.1 Å². The zero-order chi connectivity index (χ0) is 14.8. The van der Waals surface area contributed by atoms with Gasteiger partial charge in [0.2, 0.25) is 5.91 Å². The number of carboxylic acids is 1. The first-order valence-electron chi connectivity index (χ1n) is 6.58. The first-order valence-corrected chi connectivity index (χ1v) is 6.58. The summed E-state index contributed by atoms with van der Waals surface area (Å²) in [7, 11) is 0. The Bertz CT molecular complexity index is 669. The van der Waals surface area contributed by atoms with Gasteiger partial charge in [-0.2, -0.15) is 0 Å². The van der Waals surface area contributed by atoms with E-state index in [1.54, 1.807) is 6.20 Å². The highest BCUT2D eigenvalue weighted by Gasteiger charge is 2.34. The summed E-state index contributed by atoms with van der Waals surface area (Å²) in [5.41, 5.74) is 1.97. The number of benzene rings is 1. The number of aromatic nitrogens is 3. The van der Waals surface area contributed by atoms with E-state index in [0.717, 1.165) is 11.1 Å². The fourth-order valence-corrected chi connectivity index (χ4v) is 2.55. The molecule has 0 radical (unpaired) electrons. The molecule has 1 aromatic carbocycles. The fraction of sp³-hybridized carbons (Fsp3) is 0.286. The summed E-state index contributed by atoms with van der Waals surface area (Å²) in [5.74, 6) is -1.26. The van der Waals surface area contributed by atoms with Gasteiger partial charge >= 0.3 is 5.97 Å². The van der Waals surface area contributed by atoms with E-state index in [1.165, 1.54) is 15.8 Å². The van der Waals surface area contributed by atoms with E-state index in [0.29, 0.717) is 13.0 Å². The number of carbonyl (C=O) groups excluding carboxylic acids is 1. The summed E-state index contributed by atoms with van der Waals surface area (Å²) in [6.45, 7) is 0.298. The summed E-state index contributed by atoms with van der Waals surface area (Å²) in [5, 5.41) is 16.8. The Morgan fingerprint density at radius 1 is 1.29 bits per heavy atom. The van der Waals surface area contributed by atoms with Gasteiger partial charge in [0.05, 0.1) is 6.20 Å². The van der Waals surface area contributed by atoms with E-state index in [9.17, 15) is 14.7 Å². The average Bonchev–Trinajstić information content (AvgIpc) is 2.98. The number of aliphatic carboxylic acids is 1. The van der Waals surface area contributed by atoms with Crippen LogP contribution in [0.5, 0.6) is 0 Å². The molecule has 1 aliphatic heterocycles. The number of fused-ring (bicyclic) bond motifs is 1. The van der Waals surface area contributed by atoms with Gasteiger partial charge in [0, 0.05) is 19.2 Å². The van der Waals surface area contributed by atoms with Crippen molar-refractivity contribution in [3.8, 4) is 0 Å². The molecule has 2 heterocycles. The van der Waals surface area contributed by atoms with Crippen LogP contribution in [0.3, 0.4) is 0 Å². The lowest BCUT2D eigenvalue weighted by molar-refractivity contribution is -0.151. The predicted octanol–water partition coefficient (Wildman–Crippen LogP) is 0.316. The molecule has 108 valence electrons. The molecule has 0 saturated carbocycles. The number of carbonyl (C=O) groups is 2. The number of rotatable bonds is 3. The average molecular weight is 286 g/mol. The number of nitrogens with zero attached hydrogens (tertiary/aromatic N) is 4. The molecule has 0 bridgehead atoms. The molecule has 1 N–H and O–H groups in total. The Balaban J connectivity index is 1.85. The quantitative estimate of drug-likeness (QED) is 0.877. The van der Waals surface area contributed by atoms with Gasteiger partial charge < -0.3 is 10.0 Å². The molecular weight excluding hydrogens is 272 g/mol. The monoisotopic (exact) mass is 286 g/mol. The zero-order valence-corrected chi connectivity index (χ0v) is 11.2. The Morgan fingerprint density at radius 3 is 2.71 bits per heavy atom. The van der Waals surface area contributed by atoms with Gasteiger partial charge in [-0.15, -0.1) is 5.10 Å². The molecule has 1 amide bonds. The Labute approximate surface area is 120 Å². The Hall–Kier alpha value is -2.70. The van der Waals surface area contributed by atoms with E-state index in [1.807, 2.05) is 24.3 Å². The van der Waals surface area contributed by atoms with Gasteiger partial charge in [-0.3, -0.25) is 4.79 Å². The normalized spacial score (nSPS) is 17.3. The van der Waals surface area contributed by atoms with E-state index in [4.69, 9.17) is 0 Å². The lowest BCUT2D eigenvalue weighted by atomic mass is 9.94. The smallest absolute Gasteiger partial charge is 0.326 e. The van der Waals surface area contributed by atoms with Crippen molar-refractivity contribution in [2.24, 2.45) is 0 Å². The van der Waals surface area contributed by atoms with Crippen molar-refractivity contribution in [1.82, 2.24) is 19.9 Å². The van der Waals surface area contributed by atoms with Crippen LogP contribution in [-0.2, 0) is 29.1 Å². The number of hydrogen-bond acceptors (Lipinski definition) is 4. The van der Waals surface area contributed by atoms with Crippen molar-refractivity contribution in [2.75, 3.05) is 0 Å². The summed E-state index contributed by atoms with van der Waals surface area (Å²) >= 11 is 0. The SMILES string of the molecule is O=C(O)[C@@H]1Cc2ccccc2CN1C(=O)Cn1ccnn1. The van der Waals surface area contributed by atoms with E-state index < -0.39 is 12.0 Å². The molecule has 1 aliphatic rings. The van der Waals surface area contributed by atoms with Gasteiger partial charge in [0.15, 0.2) is 0 Å². The highest BCUT2D eigenvalue weighted by molar-refractivity contribution is 5.84. The predicted molar refractivity (Wildman–Crippen MR) is 72.1 cm³/mol. The highest BCUT2D eigenvalue weighted by atomic mass is 16.4. The van der Waals surface area contributed by atoms with Crippen LogP contribution in [0.25, 0.3) is 0 Å². The summed E-state index contributed by atoms with van der Waals surface area (Å²) in [6.07, 6.45) is 3.38. The molecule has 0 aliphatic carbocycles. The second-order valence-electron chi connectivity index (χ2n) is 4.95. The molecular formula is C14H14N4O3. The van der Waals surface area contributed by atoms with Crippen LogP contribution in [0, 0.1) is 0 Å². The lowest BCUT2D eigenvalue weighted by Crippen LogP contribution is -2.49. The molecule has 21 heavy (non-hydrogen) atoms. The number of carboxylic acid groups (broad SMARTS) is 1. The topological polar surface area (TPSA) is 88.3 Å². The maximum Gasteiger partial charge on any atom is 0.326 e. The third-order valence-corrected chi connectivity index (χ3v) is 3.62. The molecule has 3 rings (SSSR count). The number of hydrogen-bond donors (Lipinski definition) is 1. The standard InChI is InChI=1S/C14H14N4O3/c19-13(9-17-6-5-15-16-17)18-8-11-4-2-1-3-10(11)7-12(18)14(20)21/h1-6,12H,7-9H2,(H,20,21)/t12-/m0/s1. The summed E-state index contributed by atoms with van der Waals surface area (Å²) < 4.78 is 1.39. The van der Waals surface area contributed by atoms with Crippen LogP contribution in [-0.4, -0.2) is 42.9 Å². The molecule has 0 spiro atoms. The molecule has 7 heteroatoms. The third kappa shape index (κ3) is 2.62. The van der Waals surface area contributed by atoms with Crippen molar-refractivity contribution in [1.29, 1.82) is 0 Å². The molecule has 1 aromatic heterocycles. The second-order valence-corrected chi connectivity index (χ2v) is 4.95. The minimum atomic E-state index is -0.989. The van der Waals surface area contributed by atoms with Crippen LogP contribution < -0.4 is 0 Å². The van der Waals surface area contributed by atoms with Crippen LogP contribution in [0.2, 0.25) is 0 Å². The van der Waals surface area contributed by atoms with E-state index in [-0.39, 0.29) is 12.5 Å². The third-order valence-electron chi connectivity index (χ3n) is 3.62. The Kier molecular flexibility index (Phi) is 3.39. The van der Waals surface area contributed by atoms with Gasteiger partial charge in [0.1, 0.15) is 12.6 Å². The first kappa shape index (κ1) is 13.3. The van der Waals surface area contributed by atoms with Gasteiger partial charge in [0.25, 0.3) is 0 Å². The second kappa shape index (κ2) is 5.35. The molecule has 0 unspecified atom stereocenters. The molecule has 0 saturated heterocycles. The van der Waals surface area contributed by atoms with Gasteiger partial charge in [-0.05, 0) is 11.1 Å². The largest absolute Gasteiger partial charge is 0.480 e. The first-order chi connectivity index (χ1) is 10.1. The molecule has 1 atom stereocenters. The molecule has 2 aromatic rings. The van der Waals surface area contributed by atoms with Gasteiger partial charge in [-0.1, -0.05) is 29.5 Å². The summed E-state index contributed by atoms with van der Waals surface area (Å²) in [6, 6.07) is 6.76. The maximum atomic E-state index is 12.4. The van der Waals surface area contributed by atoms with Crippen molar-refractivity contribution in [2.45, 2.75) is 25.6 Å². The van der Waals surface area contributed by atoms with Crippen molar-refractivity contribution >= 4 is 11.9 Å². The van der Waals surface area contributed by atoms with E-state index >= 15 is 0 Å². The van der Waals surface area contributed by atoms with Crippen LogP contribution in [0.4, 0.5) is 0 Å². The number of amides is 1. The van der Waals surface area contributed by atoms with Gasteiger partial charge in [-0.25, -0.2) is 9.48 Å². The zero-order valence-electron chi connectivity index (χ0n) is 11.2. The minimum Gasteiger partial charge on any atom is -0.480 e. The molecule has 7 nitrogen and oxygen atoms in total.